The molecule has 0 radical (unpaired) electrons. The van der Waals surface area contributed by atoms with Crippen LogP contribution >= 0.6 is 28.3 Å². The number of anilines is 2. The predicted octanol–water partition coefficient (Wildman–Crippen LogP) is 2.73. The molecule has 6 heteroatoms. The largest absolute Gasteiger partial charge is 0.366 e. The lowest BCUT2D eigenvalue weighted by atomic mass is 10.5. The first-order valence-corrected chi connectivity index (χ1v) is 4.51. The Morgan fingerprint density at radius 1 is 1.29 bits per heavy atom. The van der Waals surface area contributed by atoms with E-state index in [1.807, 2.05) is 18.5 Å². The molecule has 2 aromatic rings. The van der Waals surface area contributed by atoms with Crippen LogP contribution in [0.5, 0.6) is 0 Å². The first-order valence-electron chi connectivity index (χ1n) is 3.72. The van der Waals surface area contributed by atoms with Gasteiger partial charge >= 0.3 is 0 Å². The molecule has 2 N–H and O–H groups in total. The van der Waals surface area contributed by atoms with Crippen molar-refractivity contribution in [1.82, 2.24) is 15.0 Å². The van der Waals surface area contributed by atoms with Gasteiger partial charge in [-0.05, 0) is 22.0 Å². The molecule has 0 aliphatic rings. The number of rotatable bonds is 2. The van der Waals surface area contributed by atoms with Gasteiger partial charge in [0, 0.05) is 24.8 Å². The Kier molecular flexibility index (Phi) is 3.91. The molecule has 0 bridgehead atoms. The highest BCUT2D eigenvalue weighted by Gasteiger charge is 1.96. The van der Waals surface area contributed by atoms with Gasteiger partial charge in [-0.15, -0.1) is 12.4 Å². The molecule has 0 aliphatic heterocycles. The SMILES string of the molecule is Brc1cnc(Nc2cc[nH]c2)nc1.Cl. The van der Waals surface area contributed by atoms with E-state index >= 15 is 0 Å². The van der Waals surface area contributed by atoms with E-state index in [0.717, 1.165) is 10.2 Å². The van der Waals surface area contributed by atoms with E-state index in [9.17, 15) is 0 Å². The van der Waals surface area contributed by atoms with Gasteiger partial charge in [0.25, 0.3) is 0 Å². The average molecular weight is 276 g/mol. The van der Waals surface area contributed by atoms with E-state index in [4.69, 9.17) is 0 Å². The summed E-state index contributed by atoms with van der Waals surface area (Å²) in [6.07, 6.45) is 7.07. The number of hydrogen-bond acceptors (Lipinski definition) is 3. The van der Waals surface area contributed by atoms with Crippen LogP contribution in [0.2, 0.25) is 0 Å². The van der Waals surface area contributed by atoms with Gasteiger partial charge < -0.3 is 10.3 Å². The molecule has 0 atom stereocenters. The molecule has 14 heavy (non-hydrogen) atoms. The molecule has 2 heterocycles. The standard InChI is InChI=1S/C8H7BrN4.ClH/c9-6-3-11-8(12-4-6)13-7-1-2-10-5-7;/h1-5,10H,(H,11,12,13);1H. The van der Waals surface area contributed by atoms with Crippen molar-refractivity contribution in [2.45, 2.75) is 0 Å². The van der Waals surface area contributed by atoms with Crippen LogP contribution in [0.15, 0.2) is 35.3 Å². The fourth-order valence-corrected chi connectivity index (χ4v) is 1.11. The number of H-pyrrole nitrogens is 1. The van der Waals surface area contributed by atoms with Crippen LogP contribution in [0.4, 0.5) is 11.6 Å². The number of aromatic amines is 1. The number of halogens is 2. The second-order valence-electron chi connectivity index (χ2n) is 2.45. The minimum atomic E-state index is 0. The number of aromatic nitrogens is 3. The quantitative estimate of drug-likeness (QED) is 0.886. The normalized spacial score (nSPS) is 9.21. The van der Waals surface area contributed by atoms with E-state index in [-0.39, 0.29) is 12.4 Å². The summed E-state index contributed by atoms with van der Waals surface area (Å²) in [5.41, 5.74) is 0.947. The Morgan fingerprint density at radius 3 is 2.57 bits per heavy atom. The van der Waals surface area contributed by atoms with Gasteiger partial charge in [-0.25, -0.2) is 9.97 Å². The second-order valence-corrected chi connectivity index (χ2v) is 3.37. The van der Waals surface area contributed by atoms with Crippen molar-refractivity contribution in [3.05, 3.63) is 35.3 Å². The summed E-state index contributed by atoms with van der Waals surface area (Å²) in [4.78, 5) is 11.1. The maximum atomic E-state index is 4.07. The van der Waals surface area contributed by atoms with Crippen LogP contribution < -0.4 is 5.32 Å². The Morgan fingerprint density at radius 2 is 2.00 bits per heavy atom. The third-order valence-corrected chi connectivity index (χ3v) is 1.88. The molecular weight excluding hydrogens is 267 g/mol. The van der Waals surface area contributed by atoms with Crippen LogP contribution in [0.3, 0.4) is 0 Å². The Labute approximate surface area is 95.7 Å². The van der Waals surface area contributed by atoms with Crippen molar-refractivity contribution < 1.29 is 0 Å². The minimum Gasteiger partial charge on any atom is -0.366 e. The summed E-state index contributed by atoms with van der Waals surface area (Å²) < 4.78 is 0.868. The van der Waals surface area contributed by atoms with Crippen LogP contribution in [-0.2, 0) is 0 Å². The van der Waals surface area contributed by atoms with Gasteiger partial charge in [0.05, 0.1) is 10.2 Å². The van der Waals surface area contributed by atoms with Gasteiger partial charge in [0.1, 0.15) is 0 Å². The van der Waals surface area contributed by atoms with Gasteiger partial charge in [-0.3, -0.25) is 0 Å². The Hall–Kier alpha value is -1.07. The van der Waals surface area contributed by atoms with E-state index in [1.165, 1.54) is 0 Å². The van der Waals surface area contributed by atoms with Crippen LogP contribution in [-0.4, -0.2) is 15.0 Å². The summed E-state index contributed by atoms with van der Waals surface area (Å²) in [6, 6.07) is 1.91. The molecule has 2 rings (SSSR count). The first-order chi connectivity index (χ1) is 6.34. The summed E-state index contributed by atoms with van der Waals surface area (Å²) in [6.45, 7) is 0. The highest BCUT2D eigenvalue weighted by molar-refractivity contribution is 9.10. The third kappa shape index (κ3) is 2.71. The summed E-state index contributed by atoms with van der Waals surface area (Å²) >= 11 is 3.26. The molecular formula is C8H8BrClN4. The van der Waals surface area contributed by atoms with Crippen molar-refractivity contribution in [3.8, 4) is 0 Å². The molecule has 0 aliphatic carbocycles. The zero-order valence-electron chi connectivity index (χ0n) is 7.07. The molecule has 0 saturated heterocycles. The summed E-state index contributed by atoms with van der Waals surface area (Å²) in [7, 11) is 0. The average Bonchev–Trinajstić information content (AvgIpc) is 2.62. The number of hydrogen-bond donors (Lipinski definition) is 2. The lowest BCUT2D eigenvalue weighted by Crippen LogP contribution is -1.94. The molecule has 0 aromatic carbocycles. The molecule has 0 fully saturated rings. The fourth-order valence-electron chi connectivity index (χ4n) is 0.908. The van der Waals surface area contributed by atoms with E-state index in [0.29, 0.717) is 5.95 Å². The van der Waals surface area contributed by atoms with E-state index in [2.05, 4.69) is 36.2 Å². The van der Waals surface area contributed by atoms with E-state index in [1.54, 1.807) is 12.4 Å². The maximum absolute atomic E-state index is 4.07. The first kappa shape index (κ1) is 11.0. The lowest BCUT2D eigenvalue weighted by molar-refractivity contribution is 1.15. The minimum absolute atomic E-state index is 0. The smallest absolute Gasteiger partial charge is 0.227 e. The highest BCUT2D eigenvalue weighted by Crippen LogP contribution is 2.12. The van der Waals surface area contributed by atoms with Crippen molar-refractivity contribution in [2.24, 2.45) is 0 Å². The van der Waals surface area contributed by atoms with Crippen LogP contribution in [0, 0.1) is 0 Å². The van der Waals surface area contributed by atoms with Crippen molar-refractivity contribution in [1.29, 1.82) is 0 Å². The Balaban J connectivity index is 0.000000980. The van der Waals surface area contributed by atoms with Crippen molar-refractivity contribution in [3.63, 3.8) is 0 Å². The van der Waals surface area contributed by atoms with Crippen molar-refractivity contribution >= 4 is 40.0 Å². The zero-order chi connectivity index (χ0) is 9.10. The van der Waals surface area contributed by atoms with Gasteiger partial charge in [-0.2, -0.15) is 0 Å². The maximum Gasteiger partial charge on any atom is 0.227 e. The summed E-state index contributed by atoms with van der Waals surface area (Å²) in [5.74, 6) is 0.586. The zero-order valence-corrected chi connectivity index (χ0v) is 9.47. The molecule has 0 unspecified atom stereocenters. The Bertz CT molecular complexity index is 373. The monoisotopic (exact) mass is 274 g/mol. The second kappa shape index (κ2) is 4.97. The summed E-state index contributed by atoms with van der Waals surface area (Å²) in [5, 5.41) is 3.04. The van der Waals surface area contributed by atoms with Gasteiger partial charge in [-0.1, -0.05) is 0 Å². The molecule has 0 amide bonds. The lowest BCUT2D eigenvalue weighted by Gasteiger charge is -1.99. The molecule has 0 spiro atoms. The molecule has 2 aromatic heterocycles. The topological polar surface area (TPSA) is 53.6 Å². The van der Waals surface area contributed by atoms with E-state index < -0.39 is 0 Å². The van der Waals surface area contributed by atoms with Crippen LogP contribution in [0.25, 0.3) is 0 Å². The molecule has 0 saturated carbocycles. The third-order valence-electron chi connectivity index (χ3n) is 1.47. The number of nitrogens with zero attached hydrogens (tertiary/aromatic N) is 2. The molecule has 4 nitrogen and oxygen atoms in total. The van der Waals surface area contributed by atoms with Gasteiger partial charge in [0.2, 0.25) is 5.95 Å². The predicted molar refractivity (Wildman–Crippen MR) is 61.1 cm³/mol. The van der Waals surface area contributed by atoms with Crippen molar-refractivity contribution in [2.75, 3.05) is 5.32 Å². The fraction of sp³-hybridized carbons (Fsp3) is 0. The number of nitrogens with one attached hydrogen (secondary N) is 2. The highest BCUT2D eigenvalue weighted by atomic mass is 79.9. The van der Waals surface area contributed by atoms with Gasteiger partial charge in [0.15, 0.2) is 0 Å². The van der Waals surface area contributed by atoms with Crippen LogP contribution in [0.1, 0.15) is 0 Å². The molecule has 74 valence electrons.